The zero-order valence-corrected chi connectivity index (χ0v) is 13.7. The third kappa shape index (κ3) is 4.58. The molecule has 22 heavy (non-hydrogen) atoms. The summed E-state index contributed by atoms with van der Waals surface area (Å²) in [5, 5.41) is 3.51. The van der Waals surface area contributed by atoms with Crippen molar-refractivity contribution in [1.82, 2.24) is 4.90 Å². The molecule has 1 N–H and O–H groups in total. The average molecular weight is 317 g/mol. The van der Waals surface area contributed by atoms with Crippen molar-refractivity contribution in [3.63, 3.8) is 0 Å². The van der Waals surface area contributed by atoms with Crippen molar-refractivity contribution in [2.45, 2.75) is 20.4 Å². The van der Waals surface area contributed by atoms with Crippen LogP contribution in [0.2, 0.25) is 5.02 Å². The lowest BCUT2D eigenvalue weighted by Crippen LogP contribution is -2.22. The molecule has 0 unspecified atom stereocenters. The molecule has 2 aromatic carbocycles. The lowest BCUT2D eigenvalue weighted by molar-refractivity contribution is 0.102. The van der Waals surface area contributed by atoms with E-state index in [0.29, 0.717) is 10.6 Å². The van der Waals surface area contributed by atoms with Crippen LogP contribution in [-0.2, 0) is 6.54 Å². The Bertz CT molecular complexity index is 604. The lowest BCUT2D eigenvalue weighted by atomic mass is 10.1. The molecular formula is C18H21ClN2O. The first-order chi connectivity index (χ1) is 10.6. The van der Waals surface area contributed by atoms with Gasteiger partial charge >= 0.3 is 0 Å². The number of nitrogens with one attached hydrogen (secondary N) is 1. The van der Waals surface area contributed by atoms with E-state index in [1.807, 2.05) is 12.1 Å². The van der Waals surface area contributed by atoms with Crippen LogP contribution < -0.4 is 5.32 Å². The number of nitrogens with zero attached hydrogens (tertiary/aromatic N) is 1. The molecule has 0 saturated carbocycles. The number of carbonyl (C=O) groups is 1. The van der Waals surface area contributed by atoms with Gasteiger partial charge in [0.15, 0.2) is 0 Å². The second-order valence-corrected chi connectivity index (χ2v) is 5.56. The van der Waals surface area contributed by atoms with Crippen LogP contribution in [0, 0.1) is 0 Å². The van der Waals surface area contributed by atoms with E-state index in [2.05, 4.69) is 36.2 Å². The van der Waals surface area contributed by atoms with Crippen LogP contribution in [0.15, 0.2) is 48.5 Å². The zero-order chi connectivity index (χ0) is 15.9. The second kappa shape index (κ2) is 7.97. The maximum absolute atomic E-state index is 12.1. The topological polar surface area (TPSA) is 32.3 Å². The Kier molecular flexibility index (Phi) is 5.99. The summed E-state index contributed by atoms with van der Waals surface area (Å²) in [4.78, 5) is 14.5. The molecule has 0 bridgehead atoms. The van der Waals surface area contributed by atoms with Crippen LogP contribution in [0.25, 0.3) is 0 Å². The SMILES string of the molecule is CCN(CC)Cc1ccc(NC(=O)c2ccc(Cl)cc2)cc1. The van der Waals surface area contributed by atoms with Gasteiger partial charge in [0, 0.05) is 22.8 Å². The van der Waals surface area contributed by atoms with Crippen LogP contribution in [0.5, 0.6) is 0 Å². The Morgan fingerprint density at radius 3 is 2.14 bits per heavy atom. The molecule has 1 amide bonds. The van der Waals surface area contributed by atoms with Gasteiger partial charge in [0.25, 0.3) is 5.91 Å². The fraction of sp³-hybridized carbons (Fsp3) is 0.278. The Labute approximate surface area is 136 Å². The Morgan fingerprint density at radius 2 is 1.59 bits per heavy atom. The van der Waals surface area contributed by atoms with Crippen molar-refractivity contribution >= 4 is 23.2 Å². The van der Waals surface area contributed by atoms with Gasteiger partial charge in [0.05, 0.1) is 0 Å². The number of benzene rings is 2. The first-order valence-corrected chi connectivity index (χ1v) is 7.88. The molecule has 4 heteroatoms. The number of carbonyl (C=O) groups excluding carboxylic acids is 1. The fourth-order valence-electron chi connectivity index (χ4n) is 2.20. The molecule has 0 fully saturated rings. The molecule has 0 aliphatic rings. The van der Waals surface area contributed by atoms with Gasteiger partial charge in [-0.2, -0.15) is 0 Å². The molecule has 0 radical (unpaired) electrons. The van der Waals surface area contributed by atoms with E-state index in [-0.39, 0.29) is 5.91 Å². The van der Waals surface area contributed by atoms with E-state index in [0.717, 1.165) is 25.3 Å². The van der Waals surface area contributed by atoms with Crippen LogP contribution >= 0.6 is 11.6 Å². The summed E-state index contributed by atoms with van der Waals surface area (Å²) in [5.74, 6) is -0.131. The lowest BCUT2D eigenvalue weighted by Gasteiger charge is -2.18. The van der Waals surface area contributed by atoms with E-state index in [9.17, 15) is 4.79 Å². The monoisotopic (exact) mass is 316 g/mol. The highest BCUT2D eigenvalue weighted by atomic mass is 35.5. The molecule has 0 aliphatic heterocycles. The predicted molar refractivity (Wildman–Crippen MR) is 92.5 cm³/mol. The summed E-state index contributed by atoms with van der Waals surface area (Å²) in [6.07, 6.45) is 0. The summed E-state index contributed by atoms with van der Waals surface area (Å²) in [7, 11) is 0. The number of hydrogen-bond acceptors (Lipinski definition) is 2. The van der Waals surface area contributed by atoms with Crippen LogP contribution in [0.4, 0.5) is 5.69 Å². The molecule has 2 aromatic rings. The Hall–Kier alpha value is -1.84. The van der Waals surface area contributed by atoms with Crippen LogP contribution in [0.1, 0.15) is 29.8 Å². The molecule has 0 spiro atoms. The van der Waals surface area contributed by atoms with Crippen LogP contribution in [0.3, 0.4) is 0 Å². The summed E-state index contributed by atoms with van der Waals surface area (Å²) in [6, 6.07) is 14.8. The number of halogens is 1. The first kappa shape index (κ1) is 16.5. The number of hydrogen-bond donors (Lipinski definition) is 1. The van der Waals surface area contributed by atoms with E-state index >= 15 is 0 Å². The molecule has 0 saturated heterocycles. The molecule has 0 atom stereocenters. The number of amides is 1. The van der Waals surface area contributed by atoms with E-state index in [1.54, 1.807) is 24.3 Å². The maximum atomic E-state index is 12.1. The minimum absolute atomic E-state index is 0.131. The second-order valence-electron chi connectivity index (χ2n) is 5.12. The van der Waals surface area contributed by atoms with E-state index < -0.39 is 0 Å². The third-order valence-electron chi connectivity index (χ3n) is 3.62. The average Bonchev–Trinajstić information content (AvgIpc) is 2.54. The molecule has 3 nitrogen and oxygen atoms in total. The quantitative estimate of drug-likeness (QED) is 0.854. The van der Waals surface area contributed by atoms with Crippen molar-refractivity contribution in [2.75, 3.05) is 18.4 Å². The Balaban J connectivity index is 1.98. The summed E-state index contributed by atoms with van der Waals surface area (Å²) in [6.45, 7) is 7.31. The highest BCUT2D eigenvalue weighted by Crippen LogP contribution is 2.14. The van der Waals surface area contributed by atoms with Crippen molar-refractivity contribution in [3.05, 3.63) is 64.7 Å². The standard InChI is InChI=1S/C18H21ClN2O/c1-3-21(4-2)13-14-5-11-17(12-6-14)20-18(22)15-7-9-16(19)10-8-15/h5-12H,3-4,13H2,1-2H3,(H,20,22). The van der Waals surface area contributed by atoms with Gasteiger partial charge in [-0.15, -0.1) is 0 Å². The number of rotatable bonds is 6. The van der Waals surface area contributed by atoms with Gasteiger partial charge in [-0.25, -0.2) is 0 Å². The van der Waals surface area contributed by atoms with Gasteiger partial charge in [-0.05, 0) is 55.1 Å². The molecule has 0 aromatic heterocycles. The summed E-state index contributed by atoms with van der Waals surface area (Å²) < 4.78 is 0. The largest absolute Gasteiger partial charge is 0.322 e. The fourth-order valence-corrected chi connectivity index (χ4v) is 2.33. The van der Waals surface area contributed by atoms with E-state index in [1.165, 1.54) is 5.56 Å². The molecule has 2 rings (SSSR count). The van der Waals surface area contributed by atoms with Crippen molar-refractivity contribution in [1.29, 1.82) is 0 Å². The molecule has 116 valence electrons. The Morgan fingerprint density at radius 1 is 1.00 bits per heavy atom. The highest BCUT2D eigenvalue weighted by molar-refractivity contribution is 6.30. The van der Waals surface area contributed by atoms with E-state index in [4.69, 9.17) is 11.6 Å². The van der Waals surface area contributed by atoms with Gasteiger partial charge in [-0.1, -0.05) is 37.6 Å². The zero-order valence-electron chi connectivity index (χ0n) is 13.0. The molecule has 0 aliphatic carbocycles. The van der Waals surface area contributed by atoms with Gasteiger partial charge < -0.3 is 5.32 Å². The molecular weight excluding hydrogens is 296 g/mol. The highest BCUT2D eigenvalue weighted by Gasteiger charge is 2.06. The first-order valence-electron chi connectivity index (χ1n) is 7.50. The minimum atomic E-state index is -0.131. The van der Waals surface area contributed by atoms with Gasteiger partial charge in [0.1, 0.15) is 0 Å². The smallest absolute Gasteiger partial charge is 0.255 e. The maximum Gasteiger partial charge on any atom is 0.255 e. The summed E-state index contributed by atoms with van der Waals surface area (Å²) in [5.41, 5.74) is 2.63. The third-order valence-corrected chi connectivity index (χ3v) is 3.87. The molecule has 0 heterocycles. The van der Waals surface area contributed by atoms with Gasteiger partial charge in [0.2, 0.25) is 0 Å². The minimum Gasteiger partial charge on any atom is -0.322 e. The van der Waals surface area contributed by atoms with Crippen LogP contribution in [-0.4, -0.2) is 23.9 Å². The normalized spacial score (nSPS) is 10.7. The van der Waals surface area contributed by atoms with Crippen molar-refractivity contribution in [2.24, 2.45) is 0 Å². The number of anilines is 1. The van der Waals surface area contributed by atoms with Crippen molar-refractivity contribution < 1.29 is 4.79 Å². The predicted octanol–water partition coefficient (Wildman–Crippen LogP) is 4.43. The van der Waals surface area contributed by atoms with Crippen molar-refractivity contribution in [3.8, 4) is 0 Å². The van der Waals surface area contributed by atoms with Gasteiger partial charge in [-0.3, -0.25) is 9.69 Å². The summed E-state index contributed by atoms with van der Waals surface area (Å²) >= 11 is 5.82.